The Hall–Kier alpha value is -2.29. The average molecular weight is 322 g/mol. The van der Waals surface area contributed by atoms with Crippen molar-refractivity contribution < 1.29 is 4.74 Å². The molecule has 3 nitrogen and oxygen atoms in total. The van der Waals surface area contributed by atoms with Crippen LogP contribution in [0.1, 0.15) is 43.9 Å². The summed E-state index contributed by atoms with van der Waals surface area (Å²) in [6.45, 7) is 7.36. The number of aliphatic imine (C=N–C) groups is 1. The van der Waals surface area contributed by atoms with Crippen molar-refractivity contribution in [2.45, 2.75) is 32.8 Å². The Balaban J connectivity index is 1.67. The summed E-state index contributed by atoms with van der Waals surface area (Å²) < 4.78 is 6.07. The molecule has 0 aliphatic carbocycles. The number of ether oxygens (including phenoxy) is 1. The van der Waals surface area contributed by atoms with E-state index in [4.69, 9.17) is 4.74 Å². The van der Waals surface area contributed by atoms with Crippen LogP contribution in [0.5, 0.6) is 0 Å². The quantitative estimate of drug-likeness (QED) is 0.729. The van der Waals surface area contributed by atoms with Crippen molar-refractivity contribution in [2.75, 3.05) is 24.5 Å². The molecule has 24 heavy (non-hydrogen) atoms. The molecule has 1 aliphatic rings. The molecule has 0 saturated heterocycles. The van der Waals surface area contributed by atoms with Crippen LogP contribution in [0.4, 0.5) is 5.69 Å². The summed E-state index contributed by atoms with van der Waals surface area (Å²) in [5.74, 6) is 0.753. The number of hydrogen-bond donors (Lipinski definition) is 0. The number of rotatable bonds is 7. The van der Waals surface area contributed by atoms with Crippen molar-refractivity contribution in [3.05, 3.63) is 65.7 Å². The van der Waals surface area contributed by atoms with E-state index in [1.807, 2.05) is 30.3 Å². The molecular formula is C21H26N2O. The molecule has 1 heterocycles. The lowest BCUT2D eigenvalue weighted by molar-refractivity contribution is 0.230. The monoisotopic (exact) mass is 322 g/mol. The second-order valence-corrected chi connectivity index (χ2v) is 6.20. The Labute approximate surface area is 145 Å². The zero-order chi connectivity index (χ0) is 16.8. The van der Waals surface area contributed by atoms with Crippen molar-refractivity contribution >= 4 is 11.6 Å². The Kier molecular flexibility index (Phi) is 5.52. The van der Waals surface area contributed by atoms with Crippen molar-refractivity contribution in [1.82, 2.24) is 0 Å². The highest BCUT2D eigenvalue weighted by Gasteiger charge is 2.22. The smallest absolute Gasteiger partial charge is 0.216 e. The summed E-state index contributed by atoms with van der Waals surface area (Å²) in [6.07, 6.45) is 2.36. The lowest BCUT2D eigenvalue weighted by Gasteiger charge is -2.24. The fourth-order valence-electron chi connectivity index (χ4n) is 3.10. The van der Waals surface area contributed by atoms with Gasteiger partial charge >= 0.3 is 0 Å². The maximum Gasteiger partial charge on any atom is 0.216 e. The first-order chi connectivity index (χ1) is 11.8. The van der Waals surface area contributed by atoms with Crippen molar-refractivity contribution in [2.24, 2.45) is 4.99 Å². The molecule has 0 bridgehead atoms. The van der Waals surface area contributed by atoms with Crippen LogP contribution in [-0.4, -0.2) is 25.5 Å². The van der Waals surface area contributed by atoms with Crippen LogP contribution in [0.15, 0.2) is 59.6 Å². The van der Waals surface area contributed by atoms with Gasteiger partial charge in [0.25, 0.3) is 0 Å². The largest absolute Gasteiger partial charge is 0.467 e. The summed E-state index contributed by atoms with van der Waals surface area (Å²) in [5, 5.41) is 0. The lowest BCUT2D eigenvalue weighted by Crippen LogP contribution is -2.24. The molecular weight excluding hydrogens is 296 g/mol. The normalized spacial score (nSPS) is 16.6. The van der Waals surface area contributed by atoms with Crippen molar-refractivity contribution in [3.63, 3.8) is 0 Å². The topological polar surface area (TPSA) is 24.8 Å². The molecule has 0 spiro atoms. The Morgan fingerprint density at radius 1 is 0.958 bits per heavy atom. The van der Waals surface area contributed by atoms with Gasteiger partial charge in [-0.1, -0.05) is 44.2 Å². The van der Waals surface area contributed by atoms with Gasteiger partial charge in [0.05, 0.1) is 6.54 Å². The molecule has 0 N–H and O–H groups in total. The molecule has 1 aliphatic heterocycles. The van der Waals surface area contributed by atoms with E-state index in [-0.39, 0.29) is 6.10 Å². The van der Waals surface area contributed by atoms with Crippen LogP contribution < -0.4 is 4.90 Å². The number of anilines is 1. The van der Waals surface area contributed by atoms with Gasteiger partial charge in [0, 0.05) is 24.3 Å². The van der Waals surface area contributed by atoms with E-state index in [2.05, 4.69) is 48.0 Å². The predicted molar refractivity (Wildman–Crippen MR) is 101 cm³/mol. The molecule has 2 aromatic carbocycles. The van der Waals surface area contributed by atoms with Crippen molar-refractivity contribution in [3.8, 4) is 0 Å². The molecule has 0 aromatic heterocycles. The predicted octanol–water partition coefficient (Wildman–Crippen LogP) is 4.83. The first-order valence-corrected chi connectivity index (χ1v) is 8.93. The van der Waals surface area contributed by atoms with E-state index >= 15 is 0 Å². The summed E-state index contributed by atoms with van der Waals surface area (Å²) in [7, 11) is 0. The zero-order valence-electron chi connectivity index (χ0n) is 14.6. The standard InChI is InChI=1S/C21H26N2O/c1-3-14-23(15-4-2)19-12-10-17(11-13-19)20-16-22-21(24-20)18-8-6-5-7-9-18/h5-13,20H,3-4,14-16H2,1-2H3. The van der Waals surface area contributed by atoms with Gasteiger partial charge < -0.3 is 9.64 Å². The van der Waals surface area contributed by atoms with E-state index in [0.29, 0.717) is 6.54 Å². The third-order valence-corrected chi connectivity index (χ3v) is 4.29. The second kappa shape index (κ2) is 8.00. The average Bonchev–Trinajstić information content (AvgIpc) is 3.13. The van der Waals surface area contributed by atoms with Gasteiger partial charge in [-0.15, -0.1) is 0 Å². The molecule has 3 heteroatoms. The van der Waals surface area contributed by atoms with Crippen LogP contribution in [0.2, 0.25) is 0 Å². The minimum atomic E-state index is 0.0278. The van der Waals surface area contributed by atoms with Gasteiger partial charge in [-0.2, -0.15) is 0 Å². The van der Waals surface area contributed by atoms with Crippen LogP contribution in [0.3, 0.4) is 0 Å². The maximum absolute atomic E-state index is 6.07. The molecule has 126 valence electrons. The van der Waals surface area contributed by atoms with Gasteiger partial charge in [-0.25, -0.2) is 4.99 Å². The molecule has 0 radical (unpaired) electrons. The fourth-order valence-corrected chi connectivity index (χ4v) is 3.10. The summed E-state index contributed by atoms with van der Waals surface area (Å²) in [6, 6.07) is 18.9. The third kappa shape index (κ3) is 3.78. The fraction of sp³-hybridized carbons (Fsp3) is 0.381. The Morgan fingerprint density at radius 3 is 2.25 bits per heavy atom. The highest BCUT2D eigenvalue weighted by atomic mass is 16.5. The number of benzene rings is 2. The molecule has 3 rings (SSSR count). The number of hydrogen-bond acceptors (Lipinski definition) is 3. The van der Waals surface area contributed by atoms with Crippen LogP contribution in [-0.2, 0) is 4.74 Å². The Morgan fingerprint density at radius 2 is 1.62 bits per heavy atom. The summed E-state index contributed by atoms with van der Waals surface area (Å²) in [4.78, 5) is 7.01. The van der Waals surface area contributed by atoms with Gasteiger partial charge in [-0.05, 0) is 42.7 Å². The molecule has 2 aromatic rings. The number of nitrogens with zero attached hydrogens (tertiary/aromatic N) is 2. The van der Waals surface area contributed by atoms with E-state index in [1.54, 1.807) is 0 Å². The Bertz CT molecular complexity index is 658. The zero-order valence-corrected chi connectivity index (χ0v) is 14.6. The first-order valence-electron chi connectivity index (χ1n) is 8.93. The van der Waals surface area contributed by atoms with E-state index in [9.17, 15) is 0 Å². The van der Waals surface area contributed by atoms with Crippen LogP contribution in [0.25, 0.3) is 0 Å². The van der Waals surface area contributed by atoms with Crippen LogP contribution in [0, 0.1) is 0 Å². The minimum absolute atomic E-state index is 0.0278. The molecule has 1 unspecified atom stereocenters. The van der Waals surface area contributed by atoms with Gasteiger partial charge in [0.1, 0.15) is 6.10 Å². The highest BCUT2D eigenvalue weighted by molar-refractivity contribution is 5.95. The van der Waals surface area contributed by atoms with Crippen LogP contribution >= 0.6 is 0 Å². The highest BCUT2D eigenvalue weighted by Crippen LogP contribution is 2.27. The maximum atomic E-state index is 6.07. The molecule has 0 amide bonds. The van der Waals surface area contributed by atoms with E-state index < -0.39 is 0 Å². The SMILES string of the molecule is CCCN(CCC)c1ccc(C2CN=C(c3ccccc3)O2)cc1. The third-order valence-electron chi connectivity index (χ3n) is 4.29. The summed E-state index contributed by atoms with van der Waals surface area (Å²) >= 11 is 0. The lowest BCUT2D eigenvalue weighted by atomic mass is 10.1. The van der Waals surface area contributed by atoms with E-state index in [0.717, 1.165) is 24.6 Å². The molecule has 0 saturated carbocycles. The van der Waals surface area contributed by atoms with Gasteiger partial charge in [0.2, 0.25) is 5.90 Å². The second-order valence-electron chi connectivity index (χ2n) is 6.20. The minimum Gasteiger partial charge on any atom is -0.467 e. The summed E-state index contributed by atoms with van der Waals surface area (Å²) in [5.41, 5.74) is 3.54. The molecule has 1 atom stereocenters. The van der Waals surface area contributed by atoms with Gasteiger partial charge in [-0.3, -0.25) is 0 Å². The van der Waals surface area contributed by atoms with E-state index in [1.165, 1.54) is 24.1 Å². The molecule has 0 fully saturated rings. The van der Waals surface area contributed by atoms with Gasteiger partial charge in [0.15, 0.2) is 0 Å². The first kappa shape index (κ1) is 16.6. The van der Waals surface area contributed by atoms with Crippen molar-refractivity contribution in [1.29, 1.82) is 0 Å².